The molecule has 21 heavy (non-hydrogen) atoms. The number of pyridine rings is 1. The van der Waals surface area contributed by atoms with Gasteiger partial charge >= 0.3 is 5.97 Å². The minimum Gasteiger partial charge on any atom is -0.478 e. The molecule has 0 aliphatic carbocycles. The van der Waals surface area contributed by atoms with Crippen LogP contribution in [-0.4, -0.2) is 31.7 Å². The lowest BCUT2D eigenvalue weighted by Crippen LogP contribution is -2.17. The van der Waals surface area contributed by atoms with Crippen molar-refractivity contribution < 1.29 is 14.7 Å². The molecule has 0 atom stereocenters. The Morgan fingerprint density at radius 1 is 1.38 bits per heavy atom. The molecule has 0 fully saturated rings. The first-order chi connectivity index (χ1) is 9.90. The van der Waals surface area contributed by atoms with Gasteiger partial charge < -0.3 is 10.4 Å². The second kappa shape index (κ2) is 5.74. The van der Waals surface area contributed by atoms with Gasteiger partial charge in [-0.2, -0.15) is 5.10 Å². The van der Waals surface area contributed by atoms with Gasteiger partial charge in [-0.15, -0.1) is 0 Å². The van der Waals surface area contributed by atoms with E-state index in [2.05, 4.69) is 15.4 Å². The molecule has 0 bridgehead atoms. The van der Waals surface area contributed by atoms with Gasteiger partial charge in [-0.25, -0.2) is 4.79 Å². The van der Waals surface area contributed by atoms with E-state index in [0.29, 0.717) is 0 Å². The molecule has 7 nitrogen and oxygen atoms in total. The molecule has 0 spiro atoms. The lowest BCUT2D eigenvalue weighted by atomic mass is 10.1. The molecule has 2 aromatic heterocycles. The highest BCUT2D eigenvalue weighted by Gasteiger charge is 2.16. The average Bonchev–Trinajstić information content (AvgIpc) is 2.66. The van der Waals surface area contributed by atoms with E-state index >= 15 is 0 Å². The van der Waals surface area contributed by atoms with Crippen LogP contribution in [0.25, 0.3) is 0 Å². The second-order valence-electron chi connectivity index (χ2n) is 4.72. The van der Waals surface area contributed by atoms with Gasteiger partial charge in [0.25, 0.3) is 0 Å². The van der Waals surface area contributed by atoms with Crippen LogP contribution in [0.4, 0.5) is 5.69 Å². The molecule has 1 amide bonds. The molecule has 110 valence electrons. The fraction of sp³-hybridized carbons (Fsp3) is 0.286. The molecule has 0 unspecified atom stereocenters. The molecule has 0 aliphatic heterocycles. The monoisotopic (exact) mass is 288 g/mol. The maximum atomic E-state index is 12.1. The number of carbonyl (C=O) groups excluding carboxylic acids is 1. The number of aromatic nitrogens is 3. The Morgan fingerprint density at radius 3 is 2.67 bits per heavy atom. The number of carbonyl (C=O) groups is 2. The summed E-state index contributed by atoms with van der Waals surface area (Å²) in [4.78, 5) is 27.0. The average molecular weight is 288 g/mol. The van der Waals surface area contributed by atoms with Crippen LogP contribution in [0.5, 0.6) is 0 Å². The quantitative estimate of drug-likeness (QED) is 0.884. The zero-order valence-corrected chi connectivity index (χ0v) is 12.0. The lowest BCUT2D eigenvalue weighted by molar-refractivity contribution is -0.115. The number of aryl methyl sites for hydroxylation is 2. The van der Waals surface area contributed by atoms with Crippen LogP contribution in [0.3, 0.4) is 0 Å². The Bertz CT molecular complexity index is 706. The summed E-state index contributed by atoms with van der Waals surface area (Å²) in [6, 6.07) is 1.35. The van der Waals surface area contributed by atoms with E-state index in [1.807, 2.05) is 20.9 Å². The van der Waals surface area contributed by atoms with Crippen molar-refractivity contribution >= 4 is 17.6 Å². The van der Waals surface area contributed by atoms with E-state index < -0.39 is 5.97 Å². The van der Waals surface area contributed by atoms with Crippen molar-refractivity contribution in [3.8, 4) is 0 Å². The predicted molar refractivity (Wildman–Crippen MR) is 76.2 cm³/mol. The Morgan fingerprint density at radius 2 is 2.10 bits per heavy atom. The molecule has 0 saturated carbocycles. The molecule has 0 saturated heterocycles. The van der Waals surface area contributed by atoms with Crippen molar-refractivity contribution in [3.63, 3.8) is 0 Å². The summed E-state index contributed by atoms with van der Waals surface area (Å²) >= 11 is 0. The van der Waals surface area contributed by atoms with Gasteiger partial charge in [-0.1, -0.05) is 0 Å². The van der Waals surface area contributed by atoms with Gasteiger partial charge in [0, 0.05) is 24.5 Å². The van der Waals surface area contributed by atoms with Gasteiger partial charge in [0.1, 0.15) is 0 Å². The van der Waals surface area contributed by atoms with Crippen LogP contribution in [0.15, 0.2) is 18.5 Å². The van der Waals surface area contributed by atoms with Crippen LogP contribution < -0.4 is 5.32 Å². The van der Waals surface area contributed by atoms with Gasteiger partial charge in [0.15, 0.2) is 0 Å². The van der Waals surface area contributed by atoms with E-state index in [-0.39, 0.29) is 23.6 Å². The van der Waals surface area contributed by atoms with Gasteiger partial charge in [0.05, 0.1) is 29.6 Å². The zero-order valence-electron chi connectivity index (χ0n) is 12.0. The summed E-state index contributed by atoms with van der Waals surface area (Å²) in [6.45, 7) is 3.72. The molecule has 7 heteroatoms. The Kier molecular flexibility index (Phi) is 4.02. The highest BCUT2D eigenvalue weighted by molar-refractivity contribution is 6.00. The van der Waals surface area contributed by atoms with Crippen molar-refractivity contribution in [1.29, 1.82) is 0 Å². The fourth-order valence-electron chi connectivity index (χ4n) is 2.11. The second-order valence-corrected chi connectivity index (χ2v) is 4.72. The topological polar surface area (TPSA) is 97.1 Å². The number of hydrogen-bond donors (Lipinski definition) is 2. The molecule has 2 N–H and O–H groups in total. The van der Waals surface area contributed by atoms with E-state index in [0.717, 1.165) is 17.0 Å². The summed E-state index contributed by atoms with van der Waals surface area (Å²) in [6.07, 6.45) is 2.83. The number of carboxylic acids is 1. The summed E-state index contributed by atoms with van der Waals surface area (Å²) in [5, 5.41) is 15.9. The van der Waals surface area contributed by atoms with Crippen LogP contribution in [0, 0.1) is 13.8 Å². The van der Waals surface area contributed by atoms with Crippen molar-refractivity contribution in [3.05, 3.63) is 41.0 Å². The molecule has 0 radical (unpaired) electrons. The normalized spacial score (nSPS) is 10.4. The number of amides is 1. The third-order valence-electron chi connectivity index (χ3n) is 3.32. The summed E-state index contributed by atoms with van der Waals surface area (Å²) < 4.78 is 1.71. The van der Waals surface area contributed by atoms with Crippen LogP contribution >= 0.6 is 0 Å². The molecular formula is C14H16N4O3. The zero-order chi connectivity index (χ0) is 15.6. The molecule has 2 aromatic rings. The highest BCUT2D eigenvalue weighted by Crippen LogP contribution is 2.16. The first-order valence-corrected chi connectivity index (χ1v) is 6.36. The van der Waals surface area contributed by atoms with Crippen molar-refractivity contribution in [1.82, 2.24) is 14.8 Å². The molecule has 2 rings (SSSR count). The van der Waals surface area contributed by atoms with Crippen LogP contribution in [0.1, 0.15) is 27.3 Å². The maximum absolute atomic E-state index is 12.1. The largest absolute Gasteiger partial charge is 0.478 e. The first-order valence-electron chi connectivity index (χ1n) is 6.36. The maximum Gasteiger partial charge on any atom is 0.337 e. The minimum atomic E-state index is -1.11. The third kappa shape index (κ3) is 3.07. The Hall–Kier alpha value is -2.70. The number of aromatic carboxylic acids is 1. The van der Waals surface area contributed by atoms with Gasteiger partial charge in [0.2, 0.25) is 5.91 Å². The number of hydrogen-bond acceptors (Lipinski definition) is 4. The lowest BCUT2D eigenvalue weighted by Gasteiger charge is -2.08. The highest BCUT2D eigenvalue weighted by atomic mass is 16.4. The molecule has 0 aliphatic rings. The summed E-state index contributed by atoms with van der Waals surface area (Å²) in [7, 11) is 1.81. The molecule has 0 aromatic carbocycles. The van der Waals surface area contributed by atoms with Crippen LogP contribution in [0.2, 0.25) is 0 Å². The van der Waals surface area contributed by atoms with Crippen LogP contribution in [-0.2, 0) is 18.3 Å². The SMILES string of the molecule is Cc1nn(C)c(C)c1CC(=O)Nc1cnccc1C(=O)O. The van der Waals surface area contributed by atoms with E-state index in [1.54, 1.807) is 4.68 Å². The number of nitrogens with one attached hydrogen (secondary N) is 1. The number of rotatable bonds is 4. The fourth-order valence-corrected chi connectivity index (χ4v) is 2.11. The van der Waals surface area contributed by atoms with E-state index in [1.165, 1.54) is 18.5 Å². The predicted octanol–water partition coefficient (Wildman–Crippen LogP) is 1.31. The Labute approximate surface area is 121 Å². The smallest absolute Gasteiger partial charge is 0.337 e. The summed E-state index contributed by atoms with van der Waals surface area (Å²) in [5.41, 5.74) is 2.74. The number of carboxylic acid groups (broad SMARTS) is 1. The molecular weight excluding hydrogens is 272 g/mol. The first kappa shape index (κ1) is 14.7. The van der Waals surface area contributed by atoms with Crippen molar-refractivity contribution in [2.24, 2.45) is 7.05 Å². The number of nitrogens with zero attached hydrogens (tertiary/aromatic N) is 3. The van der Waals surface area contributed by atoms with Crippen molar-refractivity contribution in [2.45, 2.75) is 20.3 Å². The van der Waals surface area contributed by atoms with Gasteiger partial charge in [-0.3, -0.25) is 14.5 Å². The van der Waals surface area contributed by atoms with E-state index in [9.17, 15) is 9.59 Å². The Balaban J connectivity index is 2.18. The third-order valence-corrected chi connectivity index (χ3v) is 3.32. The van der Waals surface area contributed by atoms with Gasteiger partial charge in [-0.05, 0) is 19.9 Å². The summed E-state index contributed by atoms with van der Waals surface area (Å²) in [5.74, 6) is -1.41. The minimum absolute atomic E-state index is 0.0120. The van der Waals surface area contributed by atoms with Crippen molar-refractivity contribution in [2.75, 3.05) is 5.32 Å². The van der Waals surface area contributed by atoms with E-state index in [4.69, 9.17) is 5.11 Å². The molecule has 2 heterocycles. The standard InChI is InChI=1S/C14H16N4O3/c1-8-11(9(2)18(3)17-8)6-13(19)16-12-7-15-5-4-10(12)14(20)21/h4-5,7H,6H2,1-3H3,(H,16,19)(H,20,21). The number of anilines is 1.